The molecule has 0 aliphatic carbocycles. The van der Waals surface area contributed by atoms with Gasteiger partial charge in [-0.2, -0.15) is 0 Å². The predicted molar refractivity (Wildman–Crippen MR) is 40.8 cm³/mol. The van der Waals surface area contributed by atoms with Gasteiger partial charge in [-0.1, -0.05) is 6.07 Å². The Labute approximate surface area is 64.7 Å². The summed E-state index contributed by atoms with van der Waals surface area (Å²) < 4.78 is 12.8. The van der Waals surface area contributed by atoms with Crippen LogP contribution in [0, 0.1) is 5.82 Å². The first-order valence-corrected chi connectivity index (χ1v) is 3.36. The van der Waals surface area contributed by atoms with Crippen molar-refractivity contribution in [1.82, 2.24) is 5.32 Å². The monoisotopic (exact) mass is 155 g/mol. The molecule has 0 atom stereocenters. The first kappa shape index (κ1) is 8.01. The van der Waals surface area contributed by atoms with E-state index in [1.165, 1.54) is 6.07 Å². The van der Waals surface area contributed by atoms with E-state index < -0.39 is 0 Å². The van der Waals surface area contributed by atoms with Gasteiger partial charge >= 0.3 is 0 Å². The molecule has 0 aliphatic heterocycles. The third kappa shape index (κ3) is 1.91. The van der Waals surface area contributed by atoms with Crippen molar-refractivity contribution in [3.05, 3.63) is 29.6 Å². The van der Waals surface area contributed by atoms with Gasteiger partial charge in [0.2, 0.25) is 0 Å². The molecule has 0 bridgehead atoms. The maximum Gasteiger partial charge on any atom is 0.131 e. The zero-order valence-electron chi connectivity index (χ0n) is 6.26. The second-order valence-corrected chi connectivity index (χ2v) is 2.31. The molecule has 0 aromatic heterocycles. The average molecular weight is 155 g/mol. The predicted octanol–water partition coefficient (Wildman–Crippen LogP) is 1.25. The molecule has 2 N–H and O–H groups in total. The first-order valence-electron chi connectivity index (χ1n) is 3.36. The van der Waals surface area contributed by atoms with E-state index in [2.05, 4.69) is 5.32 Å². The highest BCUT2D eigenvalue weighted by Crippen LogP contribution is 2.14. The molecule has 1 aromatic rings. The van der Waals surface area contributed by atoms with Crippen molar-refractivity contribution in [3.8, 4) is 5.75 Å². The normalized spacial score (nSPS) is 10.0. The Morgan fingerprint density at radius 1 is 1.55 bits per heavy atom. The smallest absolute Gasteiger partial charge is 0.131 e. The fourth-order valence-electron chi connectivity index (χ4n) is 0.870. The molecule has 2 nitrogen and oxygen atoms in total. The fourth-order valence-corrected chi connectivity index (χ4v) is 0.870. The Kier molecular flexibility index (Phi) is 2.44. The lowest BCUT2D eigenvalue weighted by Crippen LogP contribution is -2.06. The van der Waals surface area contributed by atoms with Crippen LogP contribution in [0.25, 0.3) is 0 Å². The number of nitrogens with one attached hydrogen (secondary N) is 1. The highest BCUT2D eigenvalue weighted by molar-refractivity contribution is 5.27. The van der Waals surface area contributed by atoms with E-state index in [0.717, 1.165) is 6.07 Å². The molecule has 11 heavy (non-hydrogen) atoms. The largest absolute Gasteiger partial charge is 0.508 e. The van der Waals surface area contributed by atoms with Gasteiger partial charge in [0.25, 0.3) is 0 Å². The molecule has 0 unspecified atom stereocenters. The summed E-state index contributed by atoms with van der Waals surface area (Å²) in [5, 5.41) is 11.7. The average Bonchev–Trinajstić information content (AvgIpc) is 1.95. The van der Waals surface area contributed by atoms with Crippen LogP contribution in [-0.2, 0) is 6.54 Å². The number of hydrogen-bond donors (Lipinski definition) is 2. The van der Waals surface area contributed by atoms with Gasteiger partial charge in [-0.05, 0) is 13.1 Å². The van der Waals surface area contributed by atoms with Gasteiger partial charge < -0.3 is 10.4 Å². The minimum absolute atomic E-state index is 0.0395. The first-order chi connectivity index (χ1) is 5.24. The Balaban J connectivity index is 2.90. The molecular weight excluding hydrogens is 145 g/mol. The lowest BCUT2D eigenvalue weighted by atomic mass is 10.2. The summed E-state index contributed by atoms with van der Waals surface area (Å²) >= 11 is 0. The van der Waals surface area contributed by atoms with Crippen LogP contribution in [0.4, 0.5) is 4.39 Å². The summed E-state index contributed by atoms with van der Waals surface area (Å²) in [6.07, 6.45) is 0. The van der Waals surface area contributed by atoms with E-state index in [1.807, 2.05) is 0 Å². The zero-order valence-corrected chi connectivity index (χ0v) is 6.26. The second kappa shape index (κ2) is 3.34. The van der Waals surface area contributed by atoms with Crippen molar-refractivity contribution < 1.29 is 9.50 Å². The maximum absolute atomic E-state index is 12.8. The van der Waals surface area contributed by atoms with Crippen LogP contribution < -0.4 is 5.32 Å². The van der Waals surface area contributed by atoms with Crippen LogP contribution in [0.2, 0.25) is 0 Å². The number of benzene rings is 1. The van der Waals surface area contributed by atoms with E-state index in [9.17, 15) is 4.39 Å². The summed E-state index contributed by atoms with van der Waals surface area (Å²) in [5.41, 5.74) is 0.560. The fraction of sp³-hybridized carbons (Fsp3) is 0.250. The molecule has 3 heteroatoms. The molecule has 0 amide bonds. The molecule has 0 saturated heterocycles. The van der Waals surface area contributed by atoms with Crippen molar-refractivity contribution in [2.75, 3.05) is 7.05 Å². The standard InChI is InChI=1S/C8H10FNO/c1-10-5-6-2-3-7(11)4-8(6)9/h2-4,10-11H,5H2,1H3. The van der Waals surface area contributed by atoms with Crippen molar-refractivity contribution in [2.45, 2.75) is 6.54 Å². The van der Waals surface area contributed by atoms with Crippen molar-refractivity contribution >= 4 is 0 Å². The molecule has 0 spiro atoms. The highest BCUT2D eigenvalue weighted by atomic mass is 19.1. The molecule has 0 radical (unpaired) electrons. The van der Waals surface area contributed by atoms with E-state index in [4.69, 9.17) is 5.11 Å². The van der Waals surface area contributed by atoms with Gasteiger partial charge in [-0.25, -0.2) is 4.39 Å². The number of phenolic OH excluding ortho intramolecular Hbond substituents is 1. The van der Waals surface area contributed by atoms with E-state index in [-0.39, 0.29) is 11.6 Å². The second-order valence-electron chi connectivity index (χ2n) is 2.31. The Morgan fingerprint density at radius 3 is 2.82 bits per heavy atom. The molecule has 0 aliphatic rings. The van der Waals surface area contributed by atoms with Gasteiger partial charge in [-0.3, -0.25) is 0 Å². The molecular formula is C8H10FNO. The van der Waals surface area contributed by atoms with Gasteiger partial charge in [0, 0.05) is 18.2 Å². The molecule has 0 heterocycles. The van der Waals surface area contributed by atoms with Crippen molar-refractivity contribution in [1.29, 1.82) is 0 Å². The minimum Gasteiger partial charge on any atom is -0.508 e. The molecule has 60 valence electrons. The molecule has 0 fully saturated rings. The summed E-state index contributed by atoms with van der Waals surface area (Å²) in [6, 6.07) is 4.13. The third-order valence-corrected chi connectivity index (χ3v) is 1.40. The molecule has 0 saturated carbocycles. The summed E-state index contributed by atoms with van der Waals surface area (Å²) in [7, 11) is 1.74. The number of rotatable bonds is 2. The van der Waals surface area contributed by atoms with Gasteiger partial charge in [0.15, 0.2) is 0 Å². The molecule has 1 rings (SSSR count). The van der Waals surface area contributed by atoms with Gasteiger partial charge in [0.1, 0.15) is 11.6 Å². The van der Waals surface area contributed by atoms with Gasteiger partial charge in [-0.15, -0.1) is 0 Å². The van der Waals surface area contributed by atoms with Crippen molar-refractivity contribution in [2.24, 2.45) is 0 Å². The maximum atomic E-state index is 12.8. The topological polar surface area (TPSA) is 32.3 Å². The Morgan fingerprint density at radius 2 is 2.27 bits per heavy atom. The zero-order chi connectivity index (χ0) is 8.27. The lowest BCUT2D eigenvalue weighted by Gasteiger charge is -2.01. The number of halogens is 1. The Bertz CT molecular complexity index is 250. The van der Waals surface area contributed by atoms with Crippen LogP contribution in [0.3, 0.4) is 0 Å². The van der Waals surface area contributed by atoms with Crippen LogP contribution in [0.15, 0.2) is 18.2 Å². The number of hydrogen-bond acceptors (Lipinski definition) is 2. The summed E-state index contributed by atoms with van der Waals surface area (Å²) in [4.78, 5) is 0. The number of aromatic hydroxyl groups is 1. The minimum atomic E-state index is -0.376. The quantitative estimate of drug-likeness (QED) is 0.673. The van der Waals surface area contributed by atoms with E-state index >= 15 is 0 Å². The SMILES string of the molecule is CNCc1ccc(O)cc1F. The van der Waals surface area contributed by atoms with Crippen LogP contribution >= 0.6 is 0 Å². The van der Waals surface area contributed by atoms with E-state index in [1.54, 1.807) is 13.1 Å². The number of phenols is 1. The third-order valence-electron chi connectivity index (χ3n) is 1.40. The highest BCUT2D eigenvalue weighted by Gasteiger charge is 2.00. The van der Waals surface area contributed by atoms with Crippen LogP contribution in [0.1, 0.15) is 5.56 Å². The summed E-state index contributed by atoms with van der Waals surface area (Å²) in [5.74, 6) is -0.415. The van der Waals surface area contributed by atoms with E-state index in [0.29, 0.717) is 12.1 Å². The van der Waals surface area contributed by atoms with Crippen LogP contribution in [-0.4, -0.2) is 12.2 Å². The summed E-state index contributed by atoms with van der Waals surface area (Å²) in [6.45, 7) is 0.478. The van der Waals surface area contributed by atoms with Crippen molar-refractivity contribution in [3.63, 3.8) is 0 Å². The van der Waals surface area contributed by atoms with Crippen LogP contribution in [0.5, 0.6) is 5.75 Å². The van der Waals surface area contributed by atoms with Gasteiger partial charge in [0.05, 0.1) is 0 Å². The molecule has 1 aromatic carbocycles. The lowest BCUT2D eigenvalue weighted by molar-refractivity contribution is 0.467. The Hall–Kier alpha value is -1.09.